The monoisotopic (exact) mass is 486 g/mol. The maximum atomic E-state index is 12.8. The van der Waals surface area contributed by atoms with Gasteiger partial charge in [0.2, 0.25) is 10.0 Å². The lowest BCUT2D eigenvalue weighted by Crippen LogP contribution is -2.27. The summed E-state index contributed by atoms with van der Waals surface area (Å²) in [6.07, 6.45) is 5.40. The summed E-state index contributed by atoms with van der Waals surface area (Å²) < 4.78 is 29.5. The van der Waals surface area contributed by atoms with E-state index in [-0.39, 0.29) is 16.8 Å². The molecule has 2 N–H and O–H groups in total. The molecule has 1 heterocycles. The van der Waals surface area contributed by atoms with E-state index >= 15 is 0 Å². The first-order chi connectivity index (χ1) is 17.0. The van der Waals surface area contributed by atoms with Gasteiger partial charge in [-0.25, -0.2) is 13.1 Å². The molecule has 178 valence electrons. The fraction of sp³-hybridized carbons (Fsp3) is 0.185. The minimum atomic E-state index is -3.62. The zero-order chi connectivity index (χ0) is 24.3. The molecule has 1 fully saturated rings. The second kappa shape index (κ2) is 9.85. The Morgan fingerprint density at radius 1 is 0.971 bits per heavy atom. The van der Waals surface area contributed by atoms with Gasteiger partial charge in [0, 0.05) is 30.5 Å². The summed E-state index contributed by atoms with van der Waals surface area (Å²) in [5, 5.41) is 7.18. The van der Waals surface area contributed by atoms with Crippen LogP contribution in [0.15, 0.2) is 96.2 Å². The average molecular weight is 487 g/mol. The van der Waals surface area contributed by atoms with E-state index in [0.29, 0.717) is 18.7 Å². The van der Waals surface area contributed by atoms with Crippen LogP contribution >= 0.6 is 0 Å². The SMILES string of the molecule is O=C(NCc1ccccc1-c1ccc(Cn2cccn2)cc1)c1cccc(S(=O)(=O)NC2CC2)c1. The number of nitrogens with one attached hydrogen (secondary N) is 2. The molecule has 0 spiro atoms. The first-order valence-corrected chi connectivity index (χ1v) is 13.0. The Bertz CT molecular complexity index is 1430. The molecule has 1 amide bonds. The van der Waals surface area contributed by atoms with Crippen molar-refractivity contribution in [1.82, 2.24) is 19.8 Å². The molecule has 0 saturated heterocycles. The highest BCUT2D eigenvalue weighted by atomic mass is 32.2. The van der Waals surface area contributed by atoms with E-state index in [1.54, 1.807) is 18.3 Å². The van der Waals surface area contributed by atoms with Crippen LogP contribution in [0.25, 0.3) is 11.1 Å². The molecule has 4 aromatic rings. The van der Waals surface area contributed by atoms with Gasteiger partial charge < -0.3 is 5.32 Å². The lowest BCUT2D eigenvalue weighted by Gasteiger charge is -2.12. The molecular weight excluding hydrogens is 460 g/mol. The van der Waals surface area contributed by atoms with Gasteiger partial charge in [0.05, 0.1) is 11.4 Å². The predicted octanol–water partition coefficient (Wildman–Crippen LogP) is 3.97. The molecule has 7 nitrogen and oxygen atoms in total. The van der Waals surface area contributed by atoms with E-state index in [0.717, 1.165) is 35.1 Å². The zero-order valence-corrected chi connectivity index (χ0v) is 19.9. The smallest absolute Gasteiger partial charge is 0.251 e. The molecule has 1 saturated carbocycles. The van der Waals surface area contributed by atoms with Crippen molar-refractivity contribution in [3.8, 4) is 11.1 Å². The zero-order valence-electron chi connectivity index (χ0n) is 19.1. The summed E-state index contributed by atoms with van der Waals surface area (Å²) in [6, 6.07) is 24.3. The average Bonchev–Trinajstić information content (AvgIpc) is 3.53. The number of sulfonamides is 1. The van der Waals surface area contributed by atoms with Crippen molar-refractivity contribution in [3.05, 3.63) is 108 Å². The molecule has 0 bridgehead atoms. The highest BCUT2D eigenvalue weighted by Crippen LogP contribution is 2.25. The summed E-state index contributed by atoms with van der Waals surface area (Å²) >= 11 is 0. The third-order valence-electron chi connectivity index (χ3n) is 5.93. The first kappa shape index (κ1) is 23.0. The van der Waals surface area contributed by atoms with Gasteiger partial charge in [0.1, 0.15) is 0 Å². The summed E-state index contributed by atoms with van der Waals surface area (Å²) in [7, 11) is -3.62. The molecule has 0 unspecified atom stereocenters. The number of nitrogens with zero attached hydrogens (tertiary/aromatic N) is 2. The number of rotatable bonds is 9. The number of carbonyl (C=O) groups is 1. The Hall–Kier alpha value is -3.75. The van der Waals surface area contributed by atoms with Crippen LogP contribution in [0.5, 0.6) is 0 Å². The van der Waals surface area contributed by atoms with Gasteiger partial charge in [0.25, 0.3) is 5.91 Å². The summed E-state index contributed by atoms with van der Waals surface area (Å²) in [5.41, 5.74) is 4.51. The van der Waals surface area contributed by atoms with Crippen LogP contribution in [0, 0.1) is 0 Å². The van der Waals surface area contributed by atoms with Crippen LogP contribution < -0.4 is 10.0 Å². The molecular formula is C27H26N4O3S. The van der Waals surface area contributed by atoms with Crippen molar-refractivity contribution < 1.29 is 13.2 Å². The third-order valence-corrected chi connectivity index (χ3v) is 7.45. The molecule has 35 heavy (non-hydrogen) atoms. The van der Waals surface area contributed by atoms with Crippen LogP contribution in [0.3, 0.4) is 0 Å². The quantitative estimate of drug-likeness (QED) is 0.374. The topological polar surface area (TPSA) is 93.1 Å². The largest absolute Gasteiger partial charge is 0.348 e. The molecule has 3 aromatic carbocycles. The second-order valence-corrected chi connectivity index (χ2v) is 10.4. The highest BCUT2D eigenvalue weighted by Gasteiger charge is 2.28. The van der Waals surface area contributed by atoms with Gasteiger partial charge in [-0.1, -0.05) is 54.6 Å². The van der Waals surface area contributed by atoms with E-state index in [1.807, 2.05) is 41.2 Å². The van der Waals surface area contributed by atoms with Crippen molar-refractivity contribution in [3.63, 3.8) is 0 Å². The van der Waals surface area contributed by atoms with Gasteiger partial charge in [-0.3, -0.25) is 9.48 Å². The van der Waals surface area contributed by atoms with Crippen molar-refractivity contribution >= 4 is 15.9 Å². The minimum absolute atomic E-state index is 0.00797. The summed E-state index contributed by atoms with van der Waals surface area (Å²) in [5.74, 6) is -0.321. The lowest BCUT2D eigenvalue weighted by atomic mass is 9.98. The summed E-state index contributed by atoms with van der Waals surface area (Å²) in [6.45, 7) is 1.03. The van der Waals surface area contributed by atoms with Crippen LogP contribution in [-0.2, 0) is 23.1 Å². The van der Waals surface area contributed by atoms with Gasteiger partial charge in [-0.05, 0) is 59.4 Å². The Kier molecular flexibility index (Phi) is 6.48. The standard InChI is InChI=1S/C27H26N4O3S/c32-27(22-6-3-7-25(17-22)35(33,34)30-24-13-14-24)28-18-23-5-1-2-8-26(23)21-11-9-20(10-12-21)19-31-16-4-15-29-31/h1-12,15-17,24,30H,13-14,18-19H2,(H,28,32). The number of carbonyl (C=O) groups excluding carboxylic acids is 1. The Morgan fingerprint density at radius 2 is 1.77 bits per heavy atom. The number of benzene rings is 3. The molecule has 1 aliphatic rings. The van der Waals surface area contributed by atoms with E-state index < -0.39 is 10.0 Å². The maximum absolute atomic E-state index is 12.8. The lowest BCUT2D eigenvalue weighted by molar-refractivity contribution is 0.0950. The van der Waals surface area contributed by atoms with Crippen molar-refractivity contribution in [2.75, 3.05) is 0 Å². The van der Waals surface area contributed by atoms with E-state index in [9.17, 15) is 13.2 Å². The fourth-order valence-electron chi connectivity index (χ4n) is 3.90. The molecule has 5 rings (SSSR count). The van der Waals surface area contributed by atoms with E-state index in [1.165, 1.54) is 12.1 Å². The van der Waals surface area contributed by atoms with Gasteiger partial charge >= 0.3 is 0 Å². The summed E-state index contributed by atoms with van der Waals surface area (Å²) in [4.78, 5) is 12.9. The van der Waals surface area contributed by atoms with Crippen LogP contribution in [0.1, 0.15) is 34.3 Å². The molecule has 8 heteroatoms. The van der Waals surface area contributed by atoms with Crippen molar-refractivity contribution in [2.45, 2.75) is 36.9 Å². The maximum Gasteiger partial charge on any atom is 0.251 e. The van der Waals surface area contributed by atoms with Gasteiger partial charge in [0.15, 0.2) is 0 Å². The normalized spacial score (nSPS) is 13.5. The number of aromatic nitrogens is 2. The van der Waals surface area contributed by atoms with Crippen molar-refractivity contribution in [2.24, 2.45) is 0 Å². The molecule has 1 aromatic heterocycles. The van der Waals surface area contributed by atoms with Gasteiger partial charge in [-0.2, -0.15) is 5.10 Å². The van der Waals surface area contributed by atoms with Crippen LogP contribution in [-0.4, -0.2) is 30.1 Å². The van der Waals surface area contributed by atoms with E-state index in [4.69, 9.17) is 0 Å². The van der Waals surface area contributed by atoms with Crippen molar-refractivity contribution in [1.29, 1.82) is 0 Å². The highest BCUT2D eigenvalue weighted by molar-refractivity contribution is 7.89. The van der Waals surface area contributed by atoms with Crippen LogP contribution in [0.2, 0.25) is 0 Å². The molecule has 0 aliphatic heterocycles. The van der Waals surface area contributed by atoms with E-state index in [2.05, 4.69) is 39.4 Å². The Morgan fingerprint density at radius 3 is 2.51 bits per heavy atom. The Balaban J connectivity index is 1.28. The number of amides is 1. The molecule has 0 radical (unpaired) electrons. The fourth-order valence-corrected chi connectivity index (χ4v) is 5.25. The minimum Gasteiger partial charge on any atom is -0.348 e. The number of hydrogen-bond acceptors (Lipinski definition) is 4. The second-order valence-electron chi connectivity index (χ2n) is 8.66. The Labute approximate surface area is 204 Å². The molecule has 0 atom stereocenters. The predicted molar refractivity (Wildman–Crippen MR) is 134 cm³/mol. The number of hydrogen-bond donors (Lipinski definition) is 2. The molecule has 1 aliphatic carbocycles. The first-order valence-electron chi connectivity index (χ1n) is 11.5. The van der Waals surface area contributed by atoms with Gasteiger partial charge in [-0.15, -0.1) is 0 Å². The van der Waals surface area contributed by atoms with Crippen LogP contribution in [0.4, 0.5) is 0 Å². The third kappa shape index (κ3) is 5.67.